The van der Waals surface area contributed by atoms with E-state index in [-0.39, 0.29) is 17.8 Å². The van der Waals surface area contributed by atoms with Gasteiger partial charge in [-0.15, -0.1) is 0 Å². The van der Waals surface area contributed by atoms with E-state index in [1.165, 1.54) is 16.7 Å². The lowest BCUT2D eigenvalue weighted by Gasteiger charge is -2.37. The van der Waals surface area contributed by atoms with Crippen molar-refractivity contribution >= 4 is 0 Å². The third-order valence-electron chi connectivity index (χ3n) is 9.64. The Hall–Kier alpha value is -4.40. The molecule has 234 valence electrons. The number of hydrogen-bond donors (Lipinski definition) is 1. The minimum absolute atomic E-state index is 0.0554. The Bertz CT molecular complexity index is 1740. The van der Waals surface area contributed by atoms with Crippen LogP contribution in [0, 0.1) is 0 Å². The number of fused-ring (bicyclic) bond motifs is 2. The largest absolute Gasteiger partial charge is 0.504 e. The van der Waals surface area contributed by atoms with Crippen LogP contribution >= 0.6 is 0 Å². The lowest BCUT2D eigenvalue weighted by molar-refractivity contribution is 0.220. The number of benzene rings is 4. The van der Waals surface area contributed by atoms with Gasteiger partial charge in [0.05, 0.1) is 21.3 Å². The summed E-state index contributed by atoms with van der Waals surface area (Å²) in [5, 5.41) is 11.1. The van der Waals surface area contributed by atoms with E-state index in [1.54, 1.807) is 21.3 Å². The average Bonchev–Trinajstić information content (AvgIpc) is 3.04. The quantitative estimate of drug-likeness (QED) is 0.271. The maximum Gasteiger partial charge on any atom is 0.204 e. The fourth-order valence-corrected chi connectivity index (χ4v) is 7.14. The summed E-state index contributed by atoms with van der Waals surface area (Å²) in [6.45, 7) is 1.78. The SMILES string of the molecule is COc1ccc2cc1Oc1ccc(cc1)CC1c3cc(c(OC)cc3CCN1C)Oc1c(OC)c(O)cc3c1C(C2)N(C)CC3. The third-order valence-corrected chi connectivity index (χ3v) is 9.64. The Morgan fingerprint density at radius 1 is 0.689 bits per heavy atom. The zero-order valence-corrected chi connectivity index (χ0v) is 26.6. The van der Waals surface area contributed by atoms with Crippen LogP contribution in [0.1, 0.15) is 45.5 Å². The minimum Gasteiger partial charge on any atom is -0.504 e. The molecule has 8 rings (SSSR count). The Labute approximate surface area is 264 Å². The molecule has 0 fully saturated rings. The molecule has 0 spiro atoms. The van der Waals surface area contributed by atoms with E-state index in [2.05, 4.69) is 60.3 Å². The second-order valence-corrected chi connectivity index (χ2v) is 12.3. The Morgan fingerprint density at radius 3 is 2.09 bits per heavy atom. The van der Waals surface area contributed by atoms with Gasteiger partial charge in [-0.2, -0.15) is 0 Å². The van der Waals surface area contributed by atoms with Crippen LogP contribution in [-0.4, -0.2) is 63.4 Å². The van der Waals surface area contributed by atoms with Crippen LogP contribution in [0.2, 0.25) is 0 Å². The van der Waals surface area contributed by atoms with E-state index in [9.17, 15) is 5.11 Å². The molecular formula is C37H40N2O6. The fourth-order valence-electron chi connectivity index (χ4n) is 7.14. The van der Waals surface area contributed by atoms with Crippen molar-refractivity contribution in [2.75, 3.05) is 48.5 Å². The molecule has 4 aromatic rings. The second-order valence-electron chi connectivity index (χ2n) is 12.3. The molecule has 4 aromatic carbocycles. The first kappa shape index (κ1) is 29.3. The smallest absolute Gasteiger partial charge is 0.204 e. The van der Waals surface area contributed by atoms with Crippen LogP contribution in [0.3, 0.4) is 0 Å². The molecule has 1 N–H and O–H groups in total. The van der Waals surface area contributed by atoms with Crippen LogP contribution in [0.25, 0.3) is 0 Å². The van der Waals surface area contributed by atoms with E-state index in [1.807, 2.05) is 24.3 Å². The van der Waals surface area contributed by atoms with E-state index in [0.29, 0.717) is 40.9 Å². The number of rotatable bonds is 3. The molecule has 45 heavy (non-hydrogen) atoms. The zero-order chi connectivity index (χ0) is 31.2. The summed E-state index contributed by atoms with van der Waals surface area (Å²) in [5.74, 6) is 4.26. The normalized spacial score (nSPS) is 19.4. The standard InChI is InChI=1S/C37H40N2O6/c1-38-14-12-24-20-32(42-4)34-21-27(24)28(38)16-22-6-9-26(10-7-22)44-33-18-23(8-11-31(33)41-3)17-29-35-25(13-15-39(29)2)19-30(40)36(43-5)37(35)45-34/h6-11,18-21,28-29,40H,12-17H2,1-5H3. The fraction of sp³-hybridized carbons (Fsp3) is 0.351. The molecule has 6 bridgehead atoms. The molecule has 0 aromatic heterocycles. The lowest BCUT2D eigenvalue weighted by atomic mass is 9.87. The van der Waals surface area contributed by atoms with Gasteiger partial charge in [0.25, 0.3) is 0 Å². The van der Waals surface area contributed by atoms with Gasteiger partial charge in [-0.05, 0) is 110 Å². The van der Waals surface area contributed by atoms with Crippen molar-refractivity contribution in [1.82, 2.24) is 9.80 Å². The average molecular weight is 609 g/mol. The van der Waals surface area contributed by atoms with Crippen LogP contribution in [0.15, 0.2) is 60.7 Å². The second kappa shape index (κ2) is 11.8. The first-order valence-electron chi connectivity index (χ1n) is 15.5. The molecule has 4 heterocycles. The highest BCUT2D eigenvalue weighted by Crippen LogP contribution is 2.51. The molecule has 0 aliphatic carbocycles. The number of phenolic OH excluding ortho intramolecular Hbond substituents is 1. The molecule has 8 heteroatoms. The first-order chi connectivity index (χ1) is 21.9. The summed E-state index contributed by atoms with van der Waals surface area (Å²) in [7, 11) is 9.22. The van der Waals surface area contributed by atoms with Gasteiger partial charge in [0.1, 0.15) is 5.75 Å². The van der Waals surface area contributed by atoms with Gasteiger partial charge in [-0.3, -0.25) is 9.80 Å². The number of ether oxygens (including phenoxy) is 5. The van der Waals surface area contributed by atoms with Gasteiger partial charge in [-0.1, -0.05) is 18.2 Å². The number of phenols is 1. The van der Waals surface area contributed by atoms with Gasteiger partial charge in [0, 0.05) is 30.7 Å². The van der Waals surface area contributed by atoms with Gasteiger partial charge in [-0.25, -0.2) is 0 Å². The van der Waals surface area contributed by atoms with Gasteiger partial charge in [0.15, 0.2) is 34.5 Å². The van der Waals surface area contributed by atoms with Crippen LogP contribution < -0.4 is 23.7 Å². The maximum absolute atomic E-state index is 11.1. The third kappa shape index (κ3) is 5.32. The van der Waals surface area contributed by atoms with E-state index < -0.39 is 0 Å². The highest BCUT2D eigenvalue weighted by atomic mass is 16.5. The van der Waals surface area contributed by atoms with Crippen molar-refractivity contribution in [1.29, 1.82) is 0 Å². The molecule has 2 atom stereocenters. The minimum atomic E-state index is -0.0554. The van der Waals surface area contributed by atoms with Crippen molar-refractivity contribution in [3.05, 3.63) is 94.0 Å². The van der Waals surface area contributed by atoms with Crippen LogP contribution in [0.5, 0.6) is 46.0 Å². The summed E-state index contributed by atoms with van der Waals surface area (Å²) in [5.41, 5.74) is 6.80. The number of likely N-dealkylation sites (N-methyl/N-ethyl adjacent to an activating group) is 2. The van der Waals surface area contributed by atoms with E-state index >= 15 is 0 Å². The maximum atomic E-state index is 11.1. The highest BCUT2D eigenvalue weighted by molar-refractivity contribution is 5.63. The molecule has 4 aliphatic heterocycles. The van der Waals surface area contributed by atoms with Gasteiger partial charge < -0.3 is 28.8 Å². The van der Waals surface area contributed by atoms with Gasteiger partial charge in [0.2, 0.25) is 5.75 Å². The lowest BCUT2D eigenvalue weighted by Crippen LogP contribution is -2.34. The Morgan fingerprint density at radius 2 is 1.36 bits per heavy atom. The predicted molar refractivity (Wildman–Crippen MR) is 173 cm³/mol. The molecule has 0 saturated heterocycles. The highest BCUT2D eigenvalue weighted by Gasteiger charge is 2.34. The van der Waals surface area contributed by atoms with Crippen molar-refractivity contribution in [3.63, 3.8) is 0 Å². The van der Waals surface area contributed by atoms with Crippen molar-refractivity contribution in [2.45, 2.75) is 37.8 Å². The van der Waals surface area contributed by atoms with Crippen molar-refractivity contribution in [3.8, 4) is 46.0 Å². The molecule has 4 aliphatic rings. The molecular weight excluding hydrogens is 568 g/mol. The molecule has 2 unspecified atom stereocenters. The predicted octanol–water partition coefficient (Wildman–Crippen LogP) is 6.86. The van der Waals surface area contributed by atoms with E-state index in [0.717, 1.165) is 54.8 Å². The summed E-state index contributed by atoms with van der Waals surface area (Å²) >= 11 is 0. The van der Waals surface area contributed by atoms with Gasteiger partial charge >= 0.3 is 0 Å². The number of methoxy groups -OCH3 is 3. The van der Waals surface area contributed by atoms with Crippen LogP contribution in [-0.2, 0) is 25.7 Å². The molecule has 0 saturated carbocycles. The monoisotopic (exact) mass is 608 g/mol. The van der Waals surface area contributed by atoms with Crippen molar-refractivity contribution in [2.24, 2.45) is 0 Å². The number of nitrogens with zero attached hydrogens (tertiary/aromatic N) is 2. The Kier molecular flexibility index (Phi) is 7.71. The summed E-state index contributed by atoms with van der Waals surface area (Å²) in [4.78, 5) is 4.74. The number of aromatic hydroxyl groups is 1. The summed E-state index contributed by atoms with van der Waals surface area (Å²) < 4.78 is 30.7. The summed E-state index contributed by atoms with van der Waals surface area (Å²) in [6.07, 6.45) is 3.20. The molecule has 8 nitrogen and oxygen atoms in total. The first-order valence-corrected chi connectivity index (χ1v) is 15.5. The topological polar surface area (TPSA) is 72.9 Å². The zero-order valence-electron chi connectivity index (χ0n) is 26.6. The van der Waals surface area contributed by atoms with Crippen molar-refractivity contribution < 1.29 is 28.8 Å². The van der Waals surface area contributed by atoms with Crippen LogP contribution in [0.4, 0.5) is 0 Å². The Balaban J connectivity index is 1.46. The summed E-state index contributed by atoms with van der Waals surface area (Å²) in [6, 6.07) is 20.6. The van der Waals surface area contributed by atoms with E-state index in [4.69, 9.17) is 23.7 Å². The molecule has 0 amide bonds. The molecule has 0 radical (unpaired) electrons. The number of hydrogen-bond acceptors (Lipinski definition) is 8.